The molecule has 0 spiro atoms. The van der Waals surface area contributed by atoms with Gasteiger partial charge < -0.3 is 4.74 Å². The Labute approximate surface area is 135 Å². The first-order valence-electron chi connectivity index (χ1n) is 6.63. The molecule has 1 heterocycles. The average molecular weight is 327 g/mol. The molecule has 0 fully saturated rings. The Bertz CT molecular complexity index is 900. The van der Waals surface area contributed by atoms with E-state index in [0.717, 1.165) is 0 Å². The van der Waals surface area contributed by atoms with Crippen LogP contribution in [0.4, 0.5) is 9.52 Å². The number of aromatic nitrogens is 1. The highest BCUT2D eigenvalue weighted by Gasteiger charge is 2.11. The van der Waals surface area contributed by atoms with Crippen molar-refractivity contribution < 1.29 is 13.9 Å². The Morgan fingerprint density at radius 2 is 2.09 bits per heavy atom. The normalized spacial score (nSPS) is 10.3. The number of carbonyl (C=O) groups excluding carboxylic acids is 1. The minimum Gasteiger partial charge on any atom is -0.484 e. The van der Waals surface area contributed by atoms with Crippen LogP contribution in [0.1, 0.15) is 5.56 Å². The summed E-state index contributed by atoms with van der Waals surface area (Å²) in [6.45, 7) is -0.204. The number of carbonyl (C=O) groups is 1. The number of hydrogen-bond acceptors (Lipinski definition) is 5. The molecule has 114 valence electrons. The fourth-order valence-electron chi connectivity index (χ4n) is 1.90. The van der Waals surface area contributed by atoms with Gasteiger partial charge in [0.15, 0.2) is 11.7 Å². The maximum atomic E-state index is 13.6. The van der Waals surface area contributed by atoms with Crippen LogP contribution >= 0.6 is 11.3 Å². The van der Waals surface area contributed by atoms with Gasteiger partial charge >= 0.3 is 0 Å². The second-order valence-electron chi connectivity index (χ2n) is 4.58. The molecule has 2 aromatic carbocycles. The molecule has 0 unspecified atom stereocenters. The Balaban J connectivity index is 1.62. The quantitative estimate of drug-likeness (QED) is 0.797. The molecular formula is C16H10FN3O2S. The van der Waals surface area contributed by atoms with Gasteiger partial charge in [-0.3, -0.25) is 10.1 Å². The highest BCUT2D eigenvalue weighted by molar-refractivity contribution is 7.22. The van der Waals surface area contributed by atoms with Crippen molar-refractivity contribution >= 4 is 32.6 Å². The van der Waals surface area contributed by atoms with Gasteiger partial charge in [0.2, 0.25) is 0 Å². The van der Waals surface area contributed by atoms with E-state index in [-0.39, 0.29) is 12.1 Å². The van der Waals surface area contributed by atoms with Crippen molar-refractivity contribution in [3.63, 3.8) is 0 Å². The fraction of sp³-hybridized carbons (Fsp3) is 0.0625. The second-order valence-corrected chi connectivity index (χ2v) is 5.61. The molecule has 1 aromatic heterocycles. The van der Waals surface area contributed by atoms with Gasteiger partial charge in [0.1, 0.15) is 17.1 Å². The standard InChI is InChI=1S/C16H10FN3O2S/c17-12-2-1-3-13-15(12)20-16(23-13)19-14(21)9-22-11-6-4-10(8-18)5-7-11/h1-7H,9H2,(H,19,20,21). The summed E-state index contributed by atoms with van der Waals surface area (Å²) in [5, 5.41) is 11.6. The molecule has 0 saturated heterocycles. The minimum atomic E-state index is -0.423. The molecule has 5 nitrogen and oxygen atoms in total. The Hall–Kier alpha value is -2.98. The van der Waals surface area contributed by atoms with E-state index < -0.39 is 11.7 Å². The van der Waals surface area contributed by atoms with Gasteiger partial charge in [-0.05, 0) is 36.4 Å². The van der Waals surface area contributed by atoms with Gasteiger partial charge in [0.05, 0.1) is 16.3 Å². The topological polar surface area (TPSA) is 75.0 Å². The first-order valence-corrected chi connectivity index (χ1v) is 7.45. The average Bonchev–Trinajstić information content (AvgIpc) is 2.97. The Kier molecular flexibility index (Phi) is 4.17. The Morgan fingerprint density at radius 1 is 1.30 bits per heavy atom. The summed E-state index contributed by atoms with van der Waals surface area (Å²) in [6, 6.07) is 13.1. The van der Waals surface area contributed by atoms with E-state index in [9.17, 15) is 9.18 Å². The number of benzene rings is 2. The zero-order chi connectivity index (χ0) is 16.2. The number of nitriles is 1. The molecule has 1 N–H and O–H groups in total. The van der Waals surface area contributed by atoms with E-state index in [1.165, 1.54) is 17.4 Å². The largest absolute Gasteiger partial charge is 0.484 e. The molecule has 0 bridgehead atoms. The van der Waals surface area contributed by atoms with E-state index in [1.807, 2.05) is 6.07 Å². The van der Waals surface area contributed by atoms with Crippen molar-refractivity contribution in [2.24, 2.45) is 0 Å². The lowest BCUT2D eigenvalue weighted by Gasteiger charge is -2.05. The highest BCUT2D eigenvalue weighted by Crippen LogP contribution is 2.27. The first kappa shape index (κ1) is 14.9. The lowest BCUT2D eigenvalue weighted by molar-refractivity contribution is -0.118. The lowest BCUT2D eigenvalue weighted by atomic mass is 10.2. The number of amides is 1. The van der Waals surface area contributed by atoms with Crippen LogP contribution in [0.2, 0.25) is 0 Å². The molecule has 0 saturated carbocycles. The van der Waals surface area contributed by atoms with Gasteiger partial charge in [0.25, 0.3) is 5.91 Å². The summed E-state index contributed by atoms with van der Waals surface area (Å²) in [6.07, 6.45) is 0. The third-order valence-corrected chi connectivity index (χ3v) is 3.91. The maximum Gasteiger partial charge on any atom is 0.264 e. The van der Waals surface area contributed by atoms with Gasteiger partial charge in [-0.15, -0.1) is 0 Å². The van der Waals surface area contributed by atoms with Crippen molar-refractivity contribution in [3.8, 4) is 11.8 Å². The number of fused-ring (bicyclic) bond motifs is 1. The molecule has 1 amide bonds. The van der Waals surface area contributed by atoms with Crippen LogP contribution in [-0.2, 0) is 4.79 Å². The molecule has 0 aliphatic rings. The first-order chi connectivity index (χ1) is 11.2. The number of thiazole rings is 1. The summed E-state index contributed by atoms with van der Waals surface area (Å²) < 4.78 is 19.5. The van der Waals surface area contributed by atoms with Crippen LogP contribution in [0, 0.1) is 17.1 Å². The van der Waals surface area contributed by atoms with Gasteiger partial charge in [0, 0.05) is 0 Å². The zero-order valence-corrected chi connectivity index (χ0v) is 12.6. The number of nitrogens with zero attached hydrogens (tertiary/aromatic N) is 2. The molecule has 0 radical (unpaired) electrons. The van der Waals surface area contributed by atoms with Gasteiger partial charge in [-0.25, -0.2) is 9.37 Å². The predicted molar refractivity (Wildman–Crippen MR) is 84.9 cm³/mol. The van der Waals surface area contributed by atoms with Gasteiger partial charge in [-0.1, -0.05) is 17.4 Å². The van der Waals surface area contributed by atoms with Crippen LogP contribution in [0.15, 0.2) is 42.5 Å². The molecule has 0 aliphatic heterocycles. The molecule has 23 heavy (non-hydrogen) atoms. The van der Waals surface area contributed by atoms with E-state index in [0.29, 0.717) is 21.1 Å². The monoisotopic (exact) mass is 327 g/mol. The minimum absolute atomic E-state index is 0.204. The van der Waals surface area contributed by atoms with E-state index >= 15 is 0 Å². The van der Waals surface area contributed by atoms with Crippen molar-refractivity contribution in [2.45, 2.75) is 0 Å². The van der Waals surface area contributed by atoms with Crippen LogP contribution in [0.3, 0.4) is 0 Å². The number of halogens is 1. The third kappa shape index (κ3) is 3.44. The van der Waals surface area contributed by atoms with Crippen LogP contribution in [0.5, 0.6) is 5.75 Å². The van der Waals surface area contributed by atoms with Crippen LogP contribution in [-0.4, -0.2) is 17.5 Å². The van der Waals surface area contributed by atoms with Crippen molar-refractivity contribution in [3.05, 3.63) is 53.8 Å². The molecule has 3 aromatic rings. The molecule has 0 aliphatic carbocycles. The SMILES string of the molecule is N#Cc1ccc(OCC(=O)Nc2nc3c(F)cccc3s2)cc1. The van der Waals surface area contributed by atoms with Crippen molar-refractivity contribution in [2.75, 3.05) is 11.9 Å². The second kappa shape index (κ2) is 6.42. The van der Waals surface area contributed by atoms with E-state index in [2.05, 4.69) is 10.3 Å². The predicted octanol–water partition coefficient (Wildman–Crippen LogP) is 3.32. The van der Waals surface area contributed by atoms with Crippen LogP contribution < -0.4 is 10.1 Å². The summed E-state index contributed by atoms with van der Waals surface area (Å²) >= 11 is 1.19. The highest BCUT2D eigenvalue weighted by atomic mass is 32.1. The summed E-state index contributed by atoms with van der Waals surface area (Å²) in [7, 11) is 0. The van der Waals surface area contributed by atoms with Crippen molar-refractivity contribution in [1.29, 1.82) is 5.26 Å². The van der Waals surface area contributed by atoms with Crippen LogP contribution in [0.25, 0.3) is 10.2 Å². The maximum absolute atomic E-state index is 13.6. The molecular weight excluding hydrogens is 317 g/mol. The van der Waals surface area contributed by atoms with Gasteiger partial charge in [-0.2, -0.15) is 5.26 Å². The number of para-hydroxylation sites is 1. The number of ether oxygens (including phenoxy) is 1. The third-order valence-electron chi connectivity index (χ3n) is 2.97. The van der Waals surface area contributed by atoms with E-state index in [1.54, 1.807) is 36.4 Å². The summed E-state index contributed by atoms with van der Waals surface area (Å²) in [5.41, 5.74) is 0.749. The smallest absolute Gasteiger partial charge is 0.264 e. The molecule has 3 rings (SSSR count). The Morgan fingerprint density at radius 3 is 2.78 bits per heavy atom. The molecule has 7 heteroatoms. The number of nitrogens with one attached hydrogen (secondary N) is 1. The molecule has 0 atom stereocenters. The lowest BCUT2D eigenvalue weighted by Crippen LogP contribution is -2.20. The summed E-state index contributed by atoms with van der Waals surface area (Å²) in [4.78, 5) is 15.9. The van der Waals surface area contributed by atoms with Crippen molar-refractivity contribution in [1.82, 2.24) is 4.98 Å². The fourth-order valence-corrected chi connectivity index (χ4v) is 2.79. The summed E-state index contributed by atoms with van der Waals surface area (Å²) in [5.74, 6) is -0.337. The zero-order valence-electron chi connectivity index (χ0n) is 11.7. The number of hydrogen-bond donors (Lipinski definition) is 1. The van der Waals surface area contributed by atoms with E-state index in [4.69, 9.17) is 10.00 Å². The number of anilines is 1. The number of rotatable bonds is 4.